The lowest BCUT2D eigenvalue weighted by molar-refractivity contribution is 0.155. The number of hydrogen-bond acceptors (Lipinski definition) is 4. The summed E-state index contributed by atoms with van der Waals surface area (Å²) in [4.78, 5) is 12.9. The van der Waals surface area contributed by atoms with E-state index < -0.39 is 6.09 Å². The van der Waals surface area contributed by atoms with Crippen molar-refractivity contribution in [2.45, 2.75) is 31.8 Å². The van der Waals surface area contributed by atoms with Gasteiger partial charge in [-0.05, 0) is 53.9 Å². The molecule has 2 rings (SSSR count). The summed E-state index contributed by atoms with van der Waals surface area (Å²) in [7, 11) is 0. The minimum absolute atomic E-state index is 0.232. The zero-order valence-corrected chi connectivity index (χ0v) is 13.9. The van der Waals surface area contributed by atoms with Crippen molar-refractivity contribution in [3.05, 3.63) is 59.2 Å². The van der Waals surface area contributed by atoms with E-state index in [0.717, 1.165) is 45.5 Å². The van der Waals surface area contributed by atoms with E-state index in [1.54, 1.807) is 0 Å². The van der Waals surface area contributed by atoms with E-state index in [-0.39, 0.29) is 6.61 Å². The molecule has 4 nitrogen and oxygen atoms in total. The average Bonchev–Trinajstić information content (AvgIpc) is 2.56. The molecule has 0 aliphatic heterocycles. The molecule has 0 aliphatic rings. The van der Waals surface area contributed by atoms with Crippen LogP contribution in [0, 0.1) is 17.6 Å². The van der Waals surface area contributed by atoms with Crippen molar-refractivity contribution in [2.24, 2.45) is 0 Å². The van der Waals surface area contributed by atoms with Crippen LogP contribution in [0.4, 0.5) is 10.5 Å². The number of nitrogens with one attached hydrogen (secondary N) is 1. The third-order valence-electron chi connectivity index (χ3n) is 3.37. The second-order valence-electron chi connectivity index (χ2n) is 5.01. The van der Waals surface area contributed by atoms with Crippen LogP contribution in [0.1, 0.15) is 23.6 Å². The van der Waals surface area contributed by atoms with E-state index in [1.165, 1.54) is 0 Å². The highest BCUT2D eigenvalue weighted by molar-refractivity contribution is 8.03. The summed E-state index contributed by atoms with van der Waals surface area (Å²) >= 11 is 1.12. The third kappa shape index (κ3) is 4.76. The van der Waals surface area contributed by atoms with Crippen LogP contribution < -0.4 is 5.32 Å². The van der Waals surface area contributed by atoms with Crippen molar-refractivity contribution >= 4 is 23.5 Å². The van der Waals surface area contributed by atoms with Crippen LogP contribution in [0.15, 0.2) is 47.4 Å². The van der Waals surface area contributed by atoms with Gasteiger partial charge in [0.15, 0.2) is 0 Å². The molecule has 0 unspecified atom stereocenters. The summed E-state index contributed by atoms with van der Waals surface area (Å²) in [6.07, 6.45) is 0.280. The first-order valence-corrected chi connectivity index (χ1v) is 8.12. The van der Waals surface area contributed by atoms with E-state index in [9.17, 15) is 4.79 Å². The van der Waals surface area contributed by atoms with Gasteiger partial charge in [0.25, 0.3) is 0 Å². The van der Waals surface area contributed by atoms with Gasteiger partial charge in [-0.15, -0.1) is 0 Å². The number of amides is 1. The van der Waals surface area contributed by atoms with Gasteiger partial charge in [-0.3, -0.25) is 5.32 Å². The predicted molar refractivity (Wildman–Crippen MR) is 92.3 cm³/mol. The summed E-state index contributed by atoms with van der Waals surface area (Å²) in [6.45, 7) is 4.15. The number of thioether (sulfide) groups is 1. The fraction of sp³-hybridized carbons (Fsp3) is 0.222. The molecule has 0 saturated heterocycles. The Labute approximate surface area is 140 Å². The topological polar surface area (TPSA) is 62.1 Å². The molecule has 0 atom stereocenters. The maximum absolute atomic E-state index is 12.0. The molecule has 0 spiro atoms. The number of aryl methyl sites for hydroxylation is 2. The Morgan fingerprint density at radius 2 is 2.04 bits per heavy atom. The van der Waals surface area contributed by atoms with Crippen molar-refractivity contribution < 1.29 is 9.53 Å². The molecule has 0 fully saturated rings. The molecule has 2 aromatic rings. The minimum Gasteiger partial charge on any atom is -0.444 e. The number of hydrogen-bond donors (Lipinski definition) is 1. The second-order valence-corrected chi connectivity index (χ2v) is 5.87. The lowest BCUT2D eigenvalue weighted by Gasteiger charge is -2.14. The molecule has 0 radical (unpaired) electrons. The van der Waals surface area contributed by atoms with Crippen molar-refractivity contribution in [3.63, 3.8) is 0 Å². The number of carbonyl (C=O) groups is 1. The van der Waals surface area contributed by atoms with Gasteiger partial charge < -0.3 is 4.74 Å². The normalized spacial score (nSPS) is 9.96. The van der Waals surface area contributed by atoms with Crippen LogP contribution in [0.25, 0.3) is 0 Å². The number of thiocyanates is 1. The Bertz CT molecular complexity index is 724. The minimum atomic E-state index is -0.479. The highest BCUT2D eigenvalue weighted by Gasteiger charge is 2.12. The molecular weight excluding hydrogens is 308 g/mol. The zero-order valence-electron chi connectivity index (χ0n) is 13.1. The fourth-order valence-corrected chi connectivity index (χ4v) is 2.80. The highest BCUT2D eigenvalue weighted by Crippen LogP contribution is 2.28. The summed E-state index contributed by atoms with van der Waals surface area (Å²) in [6, 6.07) is 13.4. The Morgan fingerprint density at radius 3 is 2.70 bits per heavy atom. The van der Waals surface area contributed by atoms with Gasteiger partial charge in [0.1, 0.15) is 12.0 Å². The number of benzene rings is 2. The number of nitrogens with zero attached hydrogens (tertiary/aromatic N) is 1. The van der Waals surface area contributed by atoms with Gasteiger partial charge in [0.05, 0.1) is 5.69 Å². The average molecular weight is 326 g/mol. The van der Waals surface area contributed by atoms with E-state index in [0.29, 0.717) is 0 Å². The maximum Gasteiger partial charge on any atom is 0.411 e. The number of rotatable bonds is 5. The van der Waals surface area contributed by atoms with Gasteiger partial charge in [0.2, 0.25) is 0 Å². The molecule has 0 aromatic heterocycles. The molecule has 0 heterocycles. The van der Waals surface area contributed by atoms with E-state index >= 15 is 0 Å². The van der Waals surface area contributed by atoms with Crippen molar-refractivity contribution in [2.75, 3.05) is 5.32 Å². The van der Waals surface area contributed by atoms with Crippen molar-refractivity contribution in [1.82, 2.24) is 0 Å². The Hall–Kier alpha value is -2.45. The first-order valence-electron chi connectivity index (χ1n) is 7.31. The van der Waals surface area contributed by atoms with Gasteiger partial charge in [0, 0.05) is 4.90 Å². The van der Waals surface area contributed by atoms with Gasteiger partial charge in [-0.1, -0.05) is 37.3 Å². The lowest BCUT2D eigenvalue weighted by Crippen LogP contribution is -2.15. The smallest absolute Gasteiger partial charge is 0.411 e. The quantitative estimate of drug-likeness (QED) is 0.628. The van der Waals surface area contributed by atoms with Crippen LogP contribution in [0.5, 0.6) is 0 Å². The van der Waals surface area contributed by atoms with Crippen LogP contribution >= 0.6 is 11.8 Å². The summed E-state index contributed by atoms with van der Waals surface area (Å²) in [5.74, 6) is 0. The first-order chi connectivity index (χ1) is 11.1. The SMILES string of the molecule is CCc1cc(SC#N)cc(C)c1NC(=O)OCc1ccccc1. The van der Waals surface area contributed by atoms with Gasteiger partial charge >= 0.3 is 6.09 Å². The molecule has 23 heavy (non-hydrogen) atoms. The van der Waals surface area contributed by atoms with Crippen LogP contribution in [-0.2, 0) is 17.8 Å². The molecule has 1 N–H and O–H groups in total. The standard InChI is InChI=1S/C18H18N2O2S/c1-3-15-10-16(23-12-19)9-13(2)17(15)20-18(21)22-11-14-7-5-4-6-8-14/h4-10H,3,11H2,1-2H3,(H,20,21). The summed E-state index contributed by atoms with van der Waals surface area (Å²) in [5.41, 5.74) is 3.60. The first kappa shape index (κ1) is 16.9. The van der Waals surface area contributed by atoms with Crippen LogP contribution in [-0.4, -0.2) is 6.09 Å². The molecule has 0 aliphatic carbocycles. The fourth-order valence-electron chi connectivity index (χ4n) is 2.25. The van der Waals surface area contributed by atoms with E-state index in [4.69, 9.17) is 10.00 Å². The molecule has 0 bridgehead atoms. The zero-order chi connectivity index (χ0) is 16.7. The summed E-state index contributed by atoms with van der Waals surface area (Å²) in [5, 5.41) is 13.7. The molecular formula is C18H18N2O2S. The van der Waals surface area contributed by atoms with Gasteiger partial charge in [-0.25, -0.2) is 4.79 Å². The number of ether oxygens (including phenoxy) is 1. The largest absolute Gasteiger partial charge is 0.444 e. The summed E-state index contributed by atoms with van der Waals surface area (Å²) < 4.78 is 5.26. The highest BCUT2D eigenvalue weighted by atomic mass is 32.2. The predicted octanol–water partition coefficient (Wildman–Crippen LogP) is 4.88. The van der Waals surface area contributed by atoms with Crippen LogP contribution in [0.2, 0.25) is 0 Å². The Kier molecular flexibility index (Phi) is 6.07. The number of nitriles is 1. The Balaban J connectivity index is 2.07. The second kappa shape index (κ2) is 8.25. The monoisotopic (exact) mass is 326 g/mol. The van der Waals surface area contributed by atoms with Crippen LogP contribution in [0.3, 0.4) is 0 Å². The van der Waals surface area contributed by atoms with Gasteiger partial charge in [-0.2, -0.15) is 5.26 Å². The molecule has 1 amide bonds. The maximum atomic E-state index is 12.0. The molecule has 118 valence electrons. The van der Waals surface area contributed by atoms with Crippen molar-refractivity contribution in [1.29, 1.82) is 5.26 Å². The molecule has 0 saturated carbocycles. The lowest BCUT2D eigenvalue weighted by atomic mass is 10.1. The number of carbonyl (C=O) groups excluding carboxylic acids is 1. The third-order valence-corrected chi connectivity index (χ3v) is 3.94. The van der Waals surface area contributed by atoms with Crippen molar-refractivity contribution in [3.8, 4) is 5.40 Å². The molecule has 2 aromatic carbocycles. The Morgan fingerprint density at radius 1 is 1.30 bits per heavy atom. The van der Waals surface area contributed by atoms with E-state index in [2.05, 4.69) is 10.7 Å². The molecule has 5 heteroatoms. The van der Waals surface area contributed by atoms with E-state index in [1.807, 2.05) is 56.3 Å². The number of anilines is 1.